The third-order valence-corrected chi connectivity index (χ3v) is 3.32. The van der Waals surface area contributed by atoms with E-state index in [0.717, 1.165) is 9.26 Å². The van der Waals surface area contributed by atoms with Gasteiger partial charge in [-0.15, -0.1) is 0 Å². The van der Waals surface area contributed by atoms with Crippen molar-refractivity contribution in [1.29, 1.82) is 0 Å². The maximum Gasteiger partial charge on any atom is 0.0746 e. The average Bonchev–Trinajstić information content (AvgIpc) is 1.96. The Morgan fingerprint density at radius 3 is 2.50 bits per heavy atom. The van der Waals surface area contributed by atoms with Crippen LogP contribution in [0.15, 0.2) is 12.1 Å². The van der Waals surface area contributed by atoms with E-state index < -0.39 is 0 Å². The summed E-state index contributed by atoms with van der Waals surface area (Å²) in [5.74, 6) is 0. The quantitative estimate of drug-likeness (QED) is 0.402. The molecule has 0 aromatic heterocycles. The van der Waals surface area contributed by atoms with Crippen LogP contribution in [0, 0.1) is 3.57 Å². The van der Waals surface area contributed by atoms with Gasteiger partial charge in [0.2, 0.25) is 0 Å². The molecule has 5 N–H and O–H groups in total. The van der Waals surface area contributed by atoms with E-state index in [2.05, 4.69) is 49.7 Å². The van der Waals surface area contributed by atoms with E-state index in [9.17, 15) is 0 Å². The molecule has 12 heavy (non-hydrogen) atoms. The largest absolute Gasteiger partial charge is 0.399 e. The number of anilines is 3. The summed E-state index contributed by atoms with van der Waals surface area (Å²) in [4.78, 5) is 0. The van der Waals surface area contributed by atoms with E-state index in [4.69, 9.17) is 11.5 Å². The lowest BCUT2D eigenvalue weighted by molar-refractivity contribution is 1.60. The fourth-order valence-electron chi connectivity index (χ4n) is 0.829. The highest BCUT2D eigenvalue weighted by Crippen LogP contribution is 2.33. The van der Waals surface area contributed by atoms with E-state index in [-0.39, 0.29) is 0 Å². The lowest BCUT2D eigenvalue weighted by atomic mass is 10.2. The number of halogens is 2. The summed E-state index contributed by atoms with van der Waals surface area (Å²) in [6, 6.07) is 3.66. The minimum atomic E-state index is 0.619. The van der Waals surface area contributed by atoms with Crippen molar-refractivity contribution in [1.82, 2.24) is 0 Å². The smallest absolute Gasteiger partial charge is 0.0746 e. The van der Waals surface area contributed by atoms with Crippen molar-refractivity contribution < 1.29 is 0 Å². The zero-order valence-corrected chi connectivity index (χ0v) is 11.4. The molecule has 0 heterocycles. The van der Waals surface area contributed by atoms with Crippen LogP contribution in [0.5, 0.6) is 0 Å². The summed E-state index contributed by atoms with van der Waals surface area (Å²) < 4.78 is 1.06. The van der Waals surface area contributed by atoms with Crippen LogP contribution in [-0.2, 0) is 0 Å². The zero-order chi connectivity index (χ0) is 9.14. The molecule has 1 aromatic rings. The van der Waals surface area contributed by atoms with Gasteiger partial charge < -0.3 is 16.6 Å². The van der Waals surface area contributed by atoms with Crippen molar-refractivity contribution in [3.05, 3.63) is 15.7 Å². The van der Waals surface area contributed by atoms with Gasteiger partial charge in [-0.2, -0.15) is 0 Å². The molecule has 0 fully saturated rings. The first-order valence-electron chi connectivity index (χ1n) is 3.11. The Kier molecular flexibility index (Phi) is 4.12. The van der Waals surface area contributed by atoms with Crippen LogP contribution in [0.25, 0.3) is 0 Å². The third kappa shape index (κ3) is 2.50. The van der Waals surface area contributed by atoms with Crippen molar-refractivity contribution in [2.75, 3.05) is 16.6 Å². The summed E-state index contributed by atoms with van der Waals surface area (Å²) in [5.41, 5.74) is 13.8. The molecular formula is C6H8I2N3P. The number of hydrogen-bond donors (Lipinski definition) is 3. The molecule has 1 rings (SSSR count). The van der Waals surface area contributed by atoms with E-state index in [0.29, 0.717) is 17.7 Å². The van der Waals surface area contributed by atoms with Gasteiger partial charge in [0.05, 0.1) is 11.4 Å². The van der Waals surface area contributed by atoms with Gasteiger partial charge in [-0.3, -0.25) is 0 Å². The molecule has 6 heteroatoms. The van der Waals surface area contributed by atoms with Crippen LogP contribution in [0.3, 0.4) is 0 Å². The fourth-order valence-corrected chi connectivity index (χ4v) is 3.07. The number of hydrogen-bond acceptors (Lipinski definition) is 3. The van der Waals surface area contributed by atoms with Crippen molar-refractivity contribution in [3.8, 4) is 0 Å². The van der Waals surface area contributed by atoms with Gasteiger partial charge in [-0.05, 0) is 56.8 Å². The first kappa shape index (κ1) is 10.6. The van der Waals surface area contributed by atoms with E-state index in [1.54, 1.807) is 6.07 Å². The van der Waals surface area contributed by atoms with Crippen molar-refractivity contribution in [2.24, 2.45) is 0 Å². The molecule has 3 nitrogen and oxygen atoms in total. The second-order valence-corrected chi connectivity index (χ2v) is 5.41. The molecule has 0 aliphatic rings. The first-order chi connectivity index (χ1) is 5.65. The van der Waals surface area contributed by atoms with E-state index in [1.165, 1.54) is 0 Å². The van der Waals surface area contributed by atoms with Gasteiger partial charge in [-0.1, -0.05) is 0 Å². The Hall–Kier alpha value is 0.510. The Bertz CT molecular complexity index is 269. The van der Waals surface area contributed by atoms with Crippen LogP contribution in [0.1, 0.15) is 0 Å². The highest BCUT2D eigenvalue weighted by molar-refractivity contribution is 14.2. The Morgan fingerprint density at radius 1 is 1.33 bits per heavy atom. The predicted molar refractivity (Wildman–Crippen MR) is 73.9 cm³/mol. The van der Waals surface area contributed by atoms with Crippen LogP contribution in [0.4, 0.5) is 17.1 Å². The Balaban J connectivity index is 3.10. The third-order valence-electron chi connectivity index (χ3n) is 1.32. The molecule has 0 aliphatic carbocycles. The van der Waals surface area contributed by atoms with Crippen molar-refractivity contribution >= 4 is 68.1 Å². The van der Waals surface area contributed by atoms with Crippen molar-refractivity contribution in [2.45, 2.75) is 0 Å². The van der Waals surface area contributed by atoms with Crippen molar-refractivity contribution in [3.63, 3.8) is 0 Å². The molecule has 1 atom stereocenters. The van der Waals surface area contributed by atoms with Gasteiger partial charge >= 0.3 is 0 Å². The molecule has 1 aromatic carbocycles. The number of nitrogens with one attached hydrogen (secondary N) is 1. The fraction of sp³-hybridized carbons (Fsp3) is 0. The Morgan fingerprint density at radius 2 is 2.00 bits per heavy atom. The minimum absolute atomic E-state index is 0.619. The molecule has 0 amide bonds. The van der Waals surface area contributed by atoms with Gasteiger partial charge in [0, 0.05) is 15.6 Å². The van der Waals surface area contributed by atoms with Crippen LogP contribution >= 0.6 is 51.0 Å². The first-order valence-corrected chi connectivity index (χ1v) is 8.30. The molecule has 0 saturated carbocycles. The lowest BCUT2D eigenvalue weighted by Gasteiger charge is -2.09. The minimum Gasteiger partial charge on any atom is -0.399 e. The summed E-state index contributed by atoms with van der Waals surface area (Å²) in [6.45, 7) is 0. The lowest BCUT2D eigenvalue weighted by Crippen LogP contribution is -1.97. The molecule has 0 saturated heterocycles. The molecule has 1 unspecified atom stereocenters. The highest BCUT2D eigenvalue weighted by atomic mass is 127. The van der Waals surface area contributed by atoms with Crippen LogP contribution < -0.4 is 16.6 Å². The van der Waals surface area contributed by atoms with Crippen LogP contribution in [-0.4, -0.2) is 0 Å². The van der Waals surface area contributed by atoms with Gasteiger partial charge in [-0.25, -0.2) is 0 Å². The topological polar surface area (TPSA) is 64.1 Å². The SMILES string of the molecule is Nc1cc(N)c(NPI)c(I)c1. The van der Waals surface area contributed by atoms with Gasteiger partial charge in [0.15, 0.2) is 0 Å². The monoisotopic (exact) mass is 407 g/mol. The second-order valence-electron chi connectivity index (χ2n) is 2.19. The van der Waals surface area contributed by atoms with Gasteiger partial charge in [0.1, 0.15) is 0 Å². The summed E-state index contributed by atoms with van der Waals surface area (Å²) in [6.07, 6.45) is 0.619. The maximum absolute atomic E-state index is 5.76. The van der Waals surface area contributed by atoms with E-state index in [1.807, 2.05) is 6.07 Å². The van der Waals surface area contributed by atoms with E-state index >= 15 is 0 Å². The summed E-state index contributed by atoms with van der Waals surface area (Å²) in [7, 11) is 0. The number of nitrogens with two attached hydrogens (primary N) is 2. The maximum atomic E-state index is 5.76. The molecule has 0 bridgehead atoms. The van der Waals surface area contributed by atoms with Gasteiger partial charge in [0.25, 0.3) is 0 Å². The molecule has 0 spiro atoms. The molecular weight excluding hydrogens is 399 g/mol. The summed E-state index contributed by atoms with van der Waals surface area (Å²) >= 11 is 4.47. The average molecular weight is 407 g/mol. The number of benzene rings is 1. The molecule has 0 aliphatic heterocycles. The molecule has 66 valence electrons. The normalized spacial score (nSPS) is 10.8. The standard InChI is InChI=1S/C6H8I2N3P/c7-4-1-3(9)2-5(10)6(4)11-12-8/h1-2,11-12H,9-10H2. The number of nitrogen functional groups attached to an aromatic ring is 2. The highest BCUT2D eigenvalue weighted by Gasteiger charge is 2.03. The second kappa shape index (κ2) is 4.66. The van der Waals surface area contributed by atoms with Crippen LogP contribution in [0.2, 0.25) is 0 Å². The predicted octanol–water partition coefficient (Wildman–Crippen LogP) is 2.81. The Labute approximate surface area is 99.5 Å². The number of rotatable bonds is 2. The summed E-state index contributed by atoms with van der Waals surface area (Å²) in [5, 5.41) is 3.20. The zero-order valence-electron chi connectivity index (χ0n) is 6.07. The molecule has 0 radical (unpaired) electrons.